The van der Waals surface area contributed by atoms with Crippen LogP contribution in [0.1, 0.15) is 62.2 Å². The minimum atomic E-state index is 0.0426. The third-order valence-corrected chi connectivity index (χ3v) is 6.16. The van der Waals surface area contributed by atoms with Crippen molar-refractivity contribution in [2.45, 2.75) is 57.4 Å². The van der Waals surface area contributed by atoms with E-state index in [9.17, 15) is 9.59 Å². The van der Waals surface area contributed by atoms with Crippen LogP contribution in [0.25, 0.3) is 0 Å². The van der Waals surface area contributed by atoms with E-state index in [1.807, 2.05) is 0 Å². The lowest BCUT2D eigenvalue weighted by Gasteiger charge is -2.48. The minimum Gasteiger partial charge on any atom is -0.494 e. The monoisotopic (exact) mass is 402 g/mol. The summed E-state index contributed by atoms with van der Waals surface area (Å²) in [6, 6.07) is 7.12. The van der Waals surface area contributed by atoms with Gasteiger partial charge in [0, 0.05) is 37.2 Å². The molecule has 1 heterocycles. The molecule has 2 aliphatic rings. The summed E-state index contributed by atoms with van der Waals surface area (Å²) in [5.41, 5.74) is 0.778. The van der Waals surface area contributed by atoms with Gasteiger partial charge in [0.2, 0.25) is 5.91 Å². The van der Waals surface area contributed by atoms with Crippen LogP contribution in [0, 0.1) is 0 Å². The summed E-state index contributed by atoms with van der Waals surface area (Å²) < 4.78 is 11.2. The summed E-state index contributed by atoms with van der Waals surface area (Å²) >= 11 is 0. The molecule has 6 nitrogen and oxygen atoms in total. The van der Waals surface area contributed by atoms with E-state index in [2.05, 4.69) is 10.2 Å². The van der Waals surface area contributed by atoms with Crippen LogP contribution < -0.4 is 10.1 Å². The molecule has 1 aromatic rings. The Labute approximate surface area is 173 Å². The minimum absolute atomic E-state index is 0.0426. The first-order chi connectivity index (χ1) is 14.1. The molecular weight excluding hydrogens is 368 g/mol. The number of Topliss-reactive ketones (excluding diaryl/α,β-unsaturated/α-hetero) is 1. The lowest BCUT2D eigenvalue weighted by molar-refractivity contribution is -0.122. The Balaban J connectivity index is 1.39. The Hall–Kier alpha value is -1.92. The van der Waals surface area contributed by atoms with Crippen molar-refractivity contribution in [1.82, 2.24) is 10.2 Å². The Morgan fingerprint density at radius 2 is 1.79 bits per heavy atom. The van der Waals surface area contributed by atoms with E-state index >= 15 is 0 Å². The molecule has 0 aromatic heterocycles. The Bertz CT molecular complexity index is 662. The standard InChI is InChI=1S/C23H34N2O4/c1-19(26)20-7-9-21(10-8-20)29-15-5-6-22(27)24-18-23(11-3-2-4-12-23)25-13-16-28-17-14-25/h7-10H,2-6,11-18H2,1H3,(H,24,27). The van der Waals surface area contributed by atoms with Crippen molar-refractivity contribution >= 4 is 11.7 Å². The van der Waals surface area contributed by atoms with Crippen LogP contribution in [0.2, 0.25) is 0 Å². The third kappa shape index (κ3) is 6.28. The molecule has 3 rings (SSSR count). The van der Waals surface area contributed by atoms with Crippen molar-refractivity contribution < 1.29 is 19.1 Å². The molecule has 0 radical (unpaired) electrons. The smallest absolute Gasteiger partial charge is 0.220 e. The van der Waals surface area contributed by atoms with Gasteiger partial charge < -0.3 is 14.8 Å². The number of carbonyl (C=O) groups excluding carboxylic acids is 2. The molecule has 1 aliphatic heterocycles. The van der Waals surface area contributed by atoms with Crippen molar-refractivity contribution in [3.05, 3.63) is 29.8 Å². The van der Waals surface area contributed by atoms with Crippen molar-refractivity contribution in [2.75, 3.05) is 39.5 Å². The van der Waals surface area contributed by atoms with E-state index < -0.39 is 0 Å². The van der Waals surface area contributed by atoms with E-state index in [0.29, 0.717) is 25.0 Å². The molecule has 0 bridgehead atoms. The molecule has 160 valence electrons. The van der Waals surface area contributed by atoms with E-state index in [1.54, 1.807) is 31.2 Å². The molecule has 1 aromatic carbocycles. The first-order valence-corrected chi connectivity index (χ1v) is 10.9. The first kappa shape index (κ1) is 21.8. The second-order valence-electron chi connectivity index (χ2n) is 8.19. The molecule has 1 N–H and O–H groups in total. The molecule has 1 aliphatic carbocycles. The zero-order valence-electron chi connectivity index (χ0n) is 17.6. The van der Waals surface area contributed by atoms with E-state index in [4.69, 9.17) is 9.47 Å². The average Bonchev–Trinajstić information content (AvgIpc) is 2.77. The lowest BCUT2D eigenvalue weighted by atomic mass is 9.79. The van der Waals surface area contributed by atoms with Gasteiger partial charge in [-0.2, -0.15) is 0 Å². The van der Waals surface area contributed by atoms with Gasteiger partial charge in [-0.25, -0.2) is 0 Å². The fourth-order valence-corrected chi connectivity index (χ4v) is 4.41. The van der Waals surface area contributed by atoms with Gasteiger partial charge in [0.25, 0.3) is 0 Å². The molecule has 1 saturated heterocycles. The molecule has 29 heavy (non-hydrogen) atoms. The van der Waals surface area contributed by atoms with Crippen molar-refractivity contribution in [1.29, 1.82) is 0 Å². The Morgan fingerprint density at radius 1 is 1.10 bits per heavy atom. The van der Waals surface area contributed by atoms with Gasteiger partial charge in [-0.05, 0) is 50.5 Å². The Kier molecular flexibility index (Phi) is 8.07. The molecule has 1 amide bonds. The highest BCUT2D eigenvalue weighted by Crippen LogP contribution is 2.33. The molecule has 0 unspecified atom stereocenters. The van der Waals surface area contributed by atoms with Crippen molar-refractivity contribution in [2.24, 2.45) is 0 Å². The maximum Gasteiger partial charge on any atom is 0.220 e. The van der Waals surface area contributed by atoms with Gasteiger partial charge in [-0.1, -0.05) is 19.3 Å². The number of hydrogen-bond acceptors (Lipinski definition) is 5. The van der Waals surface area contributed by atoms with Crippen LogP contribution in [-0.2, 0) is 9.53 Å². The number of hydrogen-bond donors (Lipinski definition) is 1. The van der Waals surface area contributed by atoms with Crippen LogP contribution in [0.4, 0.5) is 0 Å². The highest BCUT2D eigenvalue weighted by molar-refractivity contribution is 5.94. The van der Waals surface area contributed by atoms with E-state index in [-0.39, 0.29) is 17.2 Å². The molecule has 1 saturated carbocycles. The second-order valence-corrected chi connectivity index (χ2v) is 8.19. The number of benzene rings is 1. The van der Waals surface area contributed by atoms with Crippen LogP contribution in [0.3, 0.4) is 0 Å². The summed E-state index contributed by atoms with van der Waals surface area (Å²) in [4.78, 5) is 26.2. The molecular formula is C23H34N2O4. The highest BCUT2D eigenvalue weighted by Gasteiger charge is 2.38. The van der Waals surface area contributed by atoms with Crippen LogP contribution >= 0.6 is 0 Å². The predicted molar refractivity (Wildman–Crippen MR) is 112 cm³/mol. The number of morpholine rings is 1. The number of ketones is 1. The number of amides is 1. The zero-order valence-corrected chi connectivity index (χ0v) is 17.6. The van der Waals surface area contributed by atoms with Gasteiger partial charge in [0.1, 0.15) is 5.75 Å². The molecule has 6 heteroatoms. The Morgan fingerprint density at radius 3 is 2.45 bits per heavy atom. The zero-order chi connectivity index (χ0) is 20.5. The van der Waals surface area contributed by atoms with Crippen LogP contribution in [0.5, 0.6) is 5.75 Å². The number of nitrogens with one attached hydrogen (secondary N) is 1. The highest BCUT2D eigenvalue weighted by atomic mass is 16.5. The average molecular weight is 403 g/mol. The maximum atomic E-state index is 12.4. The van der Waals surface area contributed by atoms with Gasteiger partial charge in [-0.3, -0.25) is 14.5 Å². The van der Waals surface area contributed by atoms with Gasteiger partial charge in [0.15, 0.2) is 5.78 Å². The van der Waals surface area contributed by atoms with E-state index in [1.165, 1.54) is 19.3 Å². The van der Waals surface area contributed by atoms with Gasteiger partial charge >= 0.3 is 0 Å². The quantitative estimate of drug-likeness (QED) is 0.507. The fourth-order valence-electron chi connectivity index (χ4n) is 4.41. The predicted octanol–water partition coefficient (Wildman–Crippen LogP) is 3.20. The topological polar surface area (TPSA) is 67.9 Å². The summed E-state index contributed by atoms with van der Waals surface area (Å²) in [6.45, 7) is 6.28. The summed E-state index contributed by atoms with van der Waals surface area (Å²) in [5, 5.41) is 3.19. The number of ether oxygens (including phenoxy) is 2. The third-order valence-electron chi connectivity index (χ3n) is 6.16. The maximum absolute atomic E-state index is 12.4. The van der Waals surface area contributed by atoms with Crippen molar-refractivity contribution in [3.63, 3.8) is 0 Å². The number of carbonyl (C=O) groups is 2. The summed E-state index contributed by atoms with van der Waals surface area (Å²) in [5.74, 6) is 0.864. The summed E-state index contributed by atoms with van der Waals surface area (Å²) in [7, 11) is 0. The largest absolute Gasteiger partial charge is 0.494 e. The SMILES string of the molecule is CC(=O)c1ccc(OCCCC(=O)NCC2(N3CCOCC3)CCCCC2)cc1. The van der Waals surface area contributed by atoms with E-state index in [0.717, 1.165) is 51.4 Å². The molecule has 0 spiro atoms. The normalized spacial score (nSPS) is 19.5. The van der Waals surface area contributed by atoms with Gasteiger partial charge in [-0.15, -0.1) is 0 Å². The first-order valence-electron chi connectivity index (χ1n) is 10.9. The van der Waals surface area contributed by atoms with Crippen molar-refractivity contribution in [3.8, 4) is 5.75 Å². The van der Waals surface area contributed by atoms with Gasteiger partial charge in [0.05, 0.1) is 19.8 Å². The van der Waals surface area contributed by atoms with Crippen LogP contribution in [-0.4, -0.2) is 61.6 Å². The number of nitrogens with zero attached hydrogens (tertiary/aromatic N) is 1. The molecule has 2 fully saturated rings. The fraction of sp³-hybridized carbons (Fsp3) is 0.652. The molecule has 0 atom stereocenters. The van der Waals surface area contributed by atoms with Crippen LogP contribution in [0.15, 0.2) is 24.3 Å². The summed E-state index contributed by atoms with van der Waals surface area (Å²) in [6.07, 6.45) is 7.23. The number of rotatable bonds is 9. The second kappa shape index (κ2) is 10.7. The lowest BCUT2D eigenvalue weighted by Crippen LogP contribution is -2.59.